The molecule has 0 saturated heterocycles. The van der Waals surface area contributed by atoms with E-state index in [0.717, 1.165) is 16.9 Å². The van der Waals surface area contributed by atoms with Crippen LogP contribution in [0.3, 0.4) is 0 Å². The zero-order valence-electron chi connectivity index (χ0n) is 17.4. The minimum Gasteiger partial charge on any atom is -0.497 e. The zero-order chi connectivity index (χ0) is 21.1. The summed E-state index contributed by atoms with van der Waals surface area (Å²) in [4.78, 5) is 27.8. The molecule has 0 fully saturated rings. The molecule has 2 aromatic rings. The summed E-state index contributed by atoms with van der Waals surface area (Å²) in [5.41, 5.74) is 1.71. The van der Waals surface area contributed by atoms with Gasteiger partial charge in [-0.1, -0.05) is 49.4 Å². The van der Waals surface area contributed by atoms with Crippen LogP contribution in [0.15, 0.2) is 54.6 Å². The maximum Gasteiger partial charge on any atom is 0.247 e. The molecule has 0 spiro atoms. The number of hydrogen-bond acceptors (Lipinski definition) is 4. The van der Waals surface area contributed by atoms with Gasteiger partial charge in [-0.3, -0.25) is 9.59 Å². The van der Waals surface area contributed by atoms with Crippen LogP contribution in [0.25, 0.3) is 0 Å². The predicted molar refractivity (Wildman–Crippen MR) is 113 cm³/mol. The van der Waals surface area contributed by atoms with Crippen LogP contribution in [0.5, 0.6) is 5.75 Å². The van der Waals surface area contributed by atoms with Gasteiger partial charge in [0.2, 0.25) is 11.8 Å². The van der Waals surface area contributed by atoms with Gasteiger partial charge in [-0.2, -0.15) is 0 Å². The molecule has 156 valence electrons. The minimum absolute atomic E-state index is 0.0564. The summed E-state index contributed by atoms with van der Waals surface area (Å²) < 4.78 is 10.2. The Hall–Kier alpha value is -2.86. The van der Waals surface area contributed by atoms with E-state index in [0.29, 0.717) is 32.5 Å². The van der Waals surface area contributed by atoms with Crippen LogP contribution in [-0.4, -0.2) is 44.1 Å². The number of ether oxygens (including phenoxy) is 2. The van der Waals surface area contributed by atoms with Crippen LogP contribution in [0.4, 0.5) is 0 Å². The largest absolute Gasteiger partial charge is 0.497 e. The Morgan fingerprint density at radius 1 is 1.03 bits per heavy atom. The molecule has 0 aromatic heterocycles. The van der Waals surface area contributed by atoms with Crippen LogP contribution in [0.2, 0.25) is 0 Å². The molecule has 6 nitrogen and oxygen atoms in total. The van der Waals surface area contributed by atoms with Crippen molar-refractivity contribution in [3.05, 3.63) is 65.7 Å². The topological polar surface area (TPSA) is 67.9 Å². The van der Waals surface area contributed by atoms with Crippen LogP contribution < -0.4 is 10.1 Å². The fraction of sp³-hybridized carbons (Fsp3) is 0.391. The highest BCUT2D eigenvalue weighted by atomic mass is 16.5. The van der Waals surface area contributed by atoms with Crippen molar-refractivity contribution in [1.82, 2.24) is 10.2 Å². The molecule has 2 amide bonds. The Morgan fingerprint density at radius 3 is 2.31 bits per heavy atom. The van der Waals surface area contributed by atoms with Crippen molar-refractivity contribution in [1.29, 1.82) is 0 Å². The Balaban J connectivity index is 2.36. The molecule has 0 saturated carbocycles. The quantitative estimate of drug-likeness (QED) is 0.590. The van der Waals surface area contributed by atoms with Crippen LogP contribution in [-0.2, 0) is 20.9 Å². The van der Waals surface area contributed by atoms with Crippen LogP contribution >= 0.6 is 0 Å². The van der Waals surface area contributed by atoms with Crippen molar-refractivity contribution in [3.8, 4) is 5.75 Å². The summed E-state index contributed by atoms with van der Waals surface area (Å²) in [5.74, 6) is 0.474. The van der Waals surface area contributed by atoms with Gasteiger partial charge < -0.3 is 19.7 Å². The molecule has 0 radical (unpaired) electrons. The molecule has 2 rings (SSSR count). The number of hydrogen-bond donors (Lipinski definition) is 1. The summed E-state index contributed by atoms with van der Waals surface area (Å²) in [6, 6.07) is 16.2. The third kappa shape index (κ3) is 6.61. The molecule has 1 N–H and O–H groups in total. The molecule has 29 heavy (non-hydrogen) atoms. The predicted octanol–water partition coefficient (Wildman–Crippen LogP) is 3.33. The van der Waals surface area contributed by atoms with Crippen molar-refractivity contribution < 1.29 is 19.1 Å². The van der Waals surface area contributed by atoms with E-state index in [1.165, 1.54) is 0 Å². The lowest BCUT2D eigenvalue weighted by atomic mass is 10.0. The Kier molecular flexibility index (Phi) is 9.18. The van der Waals surface area contributed by atoms with Gasteiger partial charge in [-0.25, -0.2) is 0 Å². The summed E-state index contributed by atoms with van der Waals surface area (Å²) in [6.07, 6.45) is 1.09. The summed E-state index contributed by atoms with van der Waals surface area (Å²) in [6.45, 7) is 3.09. The fourth-order valence-corrected chi connectivity index (χ4v) is 3.09. The van der Waals surface area contributed by atoms with Crippen molar-refractivity contribution in [2.24, 2.45) is 0 Å². The van der Waals surface area contributed by atoms with Gasteiger partial charge in [-0.15, -0.1) is 0 Å². The van der Waals surface area contributed by atoms with E-state index in [9.17, 15) is 9.59 Å². The summed E-state index contributed by atoms with van der Waals surface area (Å²) >= 11 is 0. The molecule has 1 unspecified atom stereocenters. The van der Waals surface area contributed by atoms with E-state index < -0.39 is 6.04 Å². The summed E-state index contributed by atoms with van der Waals surface area (Å²) in [5, 5.41) is 2.89. The standard InChI is InChI=1S/C23H30N2O4/c1-4-8-21(26)25(17-18-11-13-20(29-3)14-12-18)22(19-9-6-5-7-10-19)23(27)24-15-16-28-2/h5-7,9-14,22H,4,8,15-17H2,1-3H3,(H,24,27). The maximum absolute atomic E-state index is 13.1. The maximum atomic E-state index is 13.1. The normalized spacial score (nSPS) is 11.6. The van der Waals surface area contributed by atoms with Crippen molar-refractivity contribution in [3.63, 3.8) is 0 Å². The van der Waals surface area contributed by atoms with E-state index >= 15 is 0 Å². The molecular formula is C23H30N2O4. The average molecular weight is 399 g/mol. The number of rotatable bonds is 11. The highest BCUT2D eigenvalue weighted by molar-refractivity contribution is 5.88. The van der Waals surface area contributed by atoms with E-state index in [2.05, 4.69) is 5.32 Å². The van der Waals surface area contributed by atoms with Gasteiger partial charge in [0.1, 0.15) is 11.8 Å². The van der Waals surface area contributed by atoms with Gasteiger partial charge in [0.25, 0.3) is 0 Å². The molecular weight excluding hydrogens is 368 g/mol. The third-order valence-corrected chi connectivity index (χ3v) is 4.58. The van der Waals surface area contributed by atoms with E-state index in [1.54, 1.807) is 19.1 Å². The number of carbonyl (C=O) groups is 2. The molecule has 1 atom stereocenters. The number of benzene rings is 2. The summed E-state index contributed by atoms with van der Waals surface area (Å²) in [7, 11) is 3.20. The molecule has 6 heteroatoms. The van der Waals surface area contributed by atoms with E-state index in [1.807, 2.05) is 61.5 Å². The minimum atomic E-state index is -0.714. The Morgan fingerprint density at radius 2 is 1.72 bits per heavy atom. The smallest absolute Gasteiger partial charge is 0.247 e. The fourth-order valence-electron chi connectivity index (χ4n) is 3.09. The monoisotopic (exact) mass is 398 g/mol. The first-order valence-electron chi connectivity index (χ1n) is 9.84. The lowest BCUT2D eigenvalue weighted by Crippen LogP contribution is -2.44. The molecule has 0 aliphatic heterocycles. The van der Waals surface area contributed by atoms with Gasteiger partial charge in [0.15, 0.2) is 0 Å². The first-order valence-corrected chi connectivity index (χ1v) is 9.84. The zero-order valence-corrected chi connectivity index (χ0v) is 17.4. The van der Waals surface area contributed by atoms with E-state index in [4.69, 9.17) is 9.47 Å². The first-order chi connectivity index (χ1) is 14.1. The average Bonchev–Trinajstić information content (AvgIpc) is 2.75. The lowest BCUT2D eigenvalue weighted by molar-refractivity contribution is -0.141. The Bertz CT molecular complexity index is 762. The van der Waals surface area contributed by atoms with Gasteiger partial charge in [0, 0.05) is 26.6 Å². The highest BCUT2D eigenvalue weighted by Gasteiger charge is 2.30. The van der Waals surface area contributed by atoms with Gasteiger partial charge >= 0.3 is 0 Å². The number of carbonyl (C=O) groups excluding carboxylic acids is 2. The Labute approximate surface area is 172 Å². The first kappa shape index (κ1) is 22.4. The van der Waals surface area contributed by atoms with Gasteiger partial charge in [-0.05, 0) is 29.7 Å². The number of nitrogens with zero attached hydrogens (tertiary/aromatic N) is 1. The van der Waals surface area contributed by atoms with Crippen LogP contribution in [0.1, 0.15) is 36.9 Å². The van der Waals surface area contributed by atoms with Crippen LogP contribution in [0, 0.1) is 0 Å². The second-order valence-electron chi connectivity index (χ2n) is 6.72. The lowest BCUT2D eigenvalue weighted by Gasteiger charge is -2.31. The molecule has 0 aliphatic rings. The molecule has 0 aliphatic carbocycles. The van der Waals surface area contributed by atoms with Gasteiger partial charge in [0.05, 0.1) is 13.7 Å². The van der Waals surface area contributed by atoms with E-state index in [-0.39, 0.29) is 11.8 Å². The number of nitrogens with one attached hydrogen (secondary N) is 1. The number of amides is 2. The SMILES string of the molecule is CCCC(=O)N(Cc1ccc(OC)cc1)C(C(=O)NCCOC)c1ccccc1. The third-order valence-electron chi connectivity index (χ3n) is 4.58. The highest BCUT2D eigenvalue weighted by Crippen LogP contribution is 2.25. The van der Waals surface area contributed by atoms with Crippen molar-refractivity contribution >= 4 is 11.8 Å². The second kappa shape index (κ2) is 11.9. The number of methoxy groups -OCH3 is 2. The molecule has 0 bridgehead atoms. The molecule has 2 aromatic carbocycles. The van der Waals surface area contributed by atoms with Crippen molar-refractivity contribution in [2.75, 3.05) is 27.4 Å². The van der Waals surface area contributed by atoms with Crippen molar-refractivity contribution in [2.45, 2.75) is 32.4 Å². The second-order valence-corrected chi connectivity index (χ2v) is 6.72. The molecule has 0 heterocycles.